The number of nitrogens with one attached hydrogen (secondary N) is 1. The van der Waals surface area contributed by atoms with E-state index in [1.807, 2.05) is 18.3 Å². The maximum atomic E-state index is 4.45. The van der Waals surface area contributed by atoms with E-state index in [2.05, 4.69) is 47.2 Å². The van der Waals surface area contributed by atoms with Crippen molar-refractivity contribution in [2.45, 2.75) is 25.4 Å². The molecule has 1 aliphatic rings. The first-order valence-electron chi connectivity index (χ1n) is 7.15. The van der Waals surface area contributed by atoms with Crippen molar-refractivity contribution in [2.75, 3.05) is 18.4 Å². The highest BCUT2D eigenvalue weighted by atomic mass is 79.9. The molecule has 3 heterocycles. The predicted octanol–water partition coefficient (Wildman–Crippen LogP) is 2.71. The fourth-order valence-electron chi connectivity index (χ4n) is 2.63. The van der Waals surface area contributed by atoms with Crippen molar-refractivity contribution in [1.29, 1.82) is 0 Å². The van der Waals surface area contributed by atoms with Crippen molar-refractivity contribution in [3.05, 3.63) is 47.1 Å². The standard InChI is InChI=1S/C15H18BrN5/c16-12-3-4-13(18-8-12)9-21-7-1-2-14(10-21)20-15-5-6-17-11-19-15/h3-6,8,11,14H,1-2,7,9-10H2,(H,17,19,20). The third-order valence-corrected chi connectivity index (χ3v) is 4.08. The zero-order chi connectivity index (χ0) is 14.5. The van der Waals surface area contributed by atoms with E-state index in [9.17, 15) is 0 Å². The highest BCUT2D eigenvalue weighted by molar-refractivity contribution is 9.10. The first kappa shape index (κ1) is 14.4. The van der Waals surface area contributed by atoms with Gasteiger partial charge in [0.1, 0.15) is 12.1 Å². The van der Waals surface area contributed by atoms with E-state index in [0.717, 1.165) is 35.6 Å². The summed E-state index contributed by atoms with van der Waals surface area (Å²) in [4.78, 5) is 15.1. The maximum absolute atomic E-state index is 4.45. The lowest BCUT2D eigenvalue weighted by atomic mass is 10.1. The van der Waals surface area contributed by atoms with Gasteiger partial charge in [0, 0.05) is 36.0 Å². The van der Waals surface area contributed by atoms with Gasteiger partial charge in [-0.15, -0.1) is 0 Å². The predicted molar refractivity (Wildman–Crippen MR) is 85.9 cm³/mol. The van der Waals surface area contributed by atoms with Crippen molar-refractivity contribution < 1.29 is 0 Å². The Morgan fingerprint density at radius 2 is 2.24 bits per heavy atom. The Balaban J connectivity index is 1.57. The van der Waals surface area contributed by atoms with Crippen molar-refractivity contribution in [3.63, 3.8) is 0 Å². The summed E-state index contributed by atoms with van der Waals surface area (Å²) in [5, 5.41) is 3.49. The van der Waals surface area contributed by atoms with Gasteiger partial charge in [-0.05, 0) is 53.5 Å². The molecule has 0 spiro atoms. The van der Waals surface area contributed by atoms with Crippen LogP contribution in [-0.4, -0.2) is 39.0 Å². The van der Waals surface area contributed by atoms with Gasteiger partial charge >= 0.3 is 0 Å². The average Bonchev–Trinajstić information content (AvgIpc) is 2.51. The number of hydrogen-bond acceptors (Lipinski definition) is 5. The second-order valence-electron chi connectivity index (χ2n) is 5.28. The summed E-state index contributed by atoms with van der Waals surface area (Å²) in [6.45, 7) is 3.04. The van der Waals surface area contributed by atoms with Gasteiger partial charge in [-0.25, -0.2) is 9.97 Å². The Morgan fingerprint density at radius 1 is 1.29 bits per heavy atom. The van der Waals surface area contributed by atoms with Gasteiger partial charge in [0.05, 0.1) is 5.69 Å². The number of hydrogen-bond donors (Lipinski definition) is 1. The molecular formula is C15H18BrN5. The Bertz CT molecular complexity index is 560. The second-order valence-corrected chi connectivity index (χ2v) is 6.20. The molecule has 6 heteroatoms. The van der Waals surface area contributed by atoms with E-state index in [0.29, 0.717) is 6.04 Å². The van der Waals surface area contributed by atoms with Crippen LogP contribution in [0.2, 0.25) is 0 Å². The summed E-state index contributed by atoms with van der Waals surface area (Å²) in [7, 11) is 0. The molecule has 1 atom stereocenters. The van der Waals surface area contributed by atoms with Gasteiger partial charge in [-0.2, -0.15) is 0 Å². The number of anilines is 1. The molecule has 110 valence electrons. The number of piperidine rings is 1. The van der Waals surface area contributed by atoms with Crippen molar-refractivity contribution in [3.8, 4) is 0 Å². The lowest BCUT2D eigenvalue weighted by Crippen LogP contribution is -2.41. The van der Waals surface area contributed by atoms with Crippen molar-refractivity contribution in [2.24, 2.45) is 0 Å². The number of pyridine rings is 1. The summed E-state index contributed by atoms with van der Waals surface area (Å²) >= 11 is 3.42. The number of likely N-dealkylation sites (tertiary alicyclic amines) is 1. The fraction of sp³-hybridized carbons (Fsp3) is 0.400. The van der Waals surface area contributed by atoms with Gasteiger partial charge < -0.3 is 5.32 Å². The normalized spacial score (nSPS) is 19.4. The number of halogens is 1. The monoisotopic (exact) mass is 347 g/mol. The number of rotatable bonds is 4. The van der Waals surface area contributed by atoms with Crippen LogP contribution in [0.4, 0.5) is 5.82 Å². The second kappa shape index (κ2) is 6.95. The summed E-state index contributed by atoms with van der Waals surface area (Å²) in [5.41, 5.74) is 1.11. The quantitative estimate of drug-likeness (QED) is 0.921. The van der Waals surface area contributed by atoms with E-state index < -0.39 is 0 Å². The minimum atomic E-state index is 0.434. The smallest absolute Gasteiger partial charge is 0.129 e. The third-order valence-electron chi connectivity index (χ3n) is 3.61. The summed E-state index contributed by atoms with van der Waals surface area (Å²) in [6, 6.07) is 6.47. The number of aromatic nitrogens is 3. The third kappa shape index (κ3) is 4.22. The molecule has 0 aromatic carbocycles. The zero-order valence-electron chi connectivity index (χ0n) is 11.7. The van der Waals surface area contributed by atoms with Gasteiger partial charge in [-0.3, -0.25) is 9.88 Å². The van der Waals surface area contributed by atoms with Crippen LogP contribution in [0.15, 0.2) is 41.4 Å². The van der Waals surface area contributed by atoms with Gasteiger partial charge in [0.25, 0.3) is 0 Å². The van der Waals surface area contributed by atoms with Crippen molar-refractivity contribution >= 4 is 21.7 Å². The van der Waals surface area contributed by atoms with E-state index in [4.69, 9.17) is 0 Å². The minimum Gasteiger partial charge on any atom is -0.366 e. The summed E-state index contributed by atoms with van der Waals surface area (Å²) < 4.78 is 1.02. The lowest BCUT2D eigenvalue weighted by Gasteiger charge is -2.33. The topological polar surface area (TPSA) is 53.9 Å². The highest BCUT2D eigenvalue weighted by Gasteiger charge is 2.20. The molecule has 0 amide bonds. The van der Waals surface area contributed by atoms with E-state index in [1.165, 1.54) is 12.8 Å². The highest BCUT2D eigenvalue weighted by Crippen LogP contribution is 2.16. The van der Waals surface area contributed by atoms with Crippen LogP contribution < -0.4 is 5.32 Å². The van der Waals surface area contributed by atoms with Crippen LogP contribution in [0, 0.1) is 0 Å². The Morgan fingerprint density at radius 3 is 3.00 bits per heavy atom. The molecule has 21 heavy (non-hydrogen) atoms. The molecule has 2 aromatic rings. The molecule has 0 saturated carbocycles. The Kier molecular flexibility index (Phi) is 4.77. The Labute approximate surface area is 133 Å². The first-order chi connectivity index (χ1) is 10.3. The van der Waals surface area contributed by atoms with Crippen LogP contribution in [0.3, 0.4) is 0 Å². The van der Waals surface area contributed by atoms with Crippen LogP contribution in [0.5, 0.6) is 0 Å². The summed E-state index contributed by atoms with van der Waals surface area (Å²) in [6.07, 6.45) is 7.57. The molecule has 2 aromatic heterocycles. The molecule has 1 unspecified atom stereocenters. The van der Waals surface area contributed by atoms with Gasteiger partial charge in [0.15, 0.2) is 0 Å². The molecule has 1 aliphatic heterocycles. The van der Waals surface area contributed by atoms with Crippen LogP contribution >= 0.6 is 15.9 Å². The Hall–Kier alpha value is -1.53. The first-order valence-corrected chi connectivity index (χ1v) is 7.94. The molecule has 0 bridgehead atoms. The molecule has 1 saturated heterocycles. The average molecular weight is 348 g/mol. The van der Waals surface area contributed by atoms with E-state index in [-0.39, 0.29) is 0 Å². The van der Waals surface area contributed by atoms with Gasteiger partial charge in [0.2, 0.25) is 0 Å². The summed E-state index contributed by atoms with van der Waals surface area (Å²) in [5.74, 6) is 0.901. The number of nitrogens with zero attached hydrogens (tertiary/aromatic N) is 4. The molecular weight excluding hydrogens is 330 g/mol. The molecule has 1 fully saturated rings. The SMILES string of the molecule is Brc1ccc(CN2CCCC(Nc3ccncn3)C2)nc1. The molecule has 1 N–H and O–H groups in total. The maximum Gasteiger partial charge on any atom is 0.129 e. The molecule has 3 rings (SSSR count). The van der Waals surface area contributed by atoms with E-state index >= 15 is 0 Å². The van der Waals surface area contributed by atoms with Crippen LogP contribution in [0.1, 0.15) is 18.5 Å². The minimum absolute atomic E-state index is 0.434. The van der Waals surface area contributed by atoms with E-state index in [1.54, 1.807) is 12.5 Å². The molecule has 5 nitrogen and oxygen atoms in total. The van der Waals surface area contributed by atoms with Crippen LogP contribution in [-0.2, 0) is 6.54 Å². The lowest BCUT2D eigenvalue weighted by molar-refractivity contribution is 0.206. The zero-order valence-corrected chi connectivity index (χ0v) is 13.3. The van der Waals surface area contributed by atoms with Gasteiger partial charge in [-0.1, -0.05) is 0 Å². The molecule has 0 radical (unpaired) electrons. The van der Waals surface area contributed by atoms with Crippen molar-refractivity contribution in [1.82, 2.24) is 19.9 Å². The fourth-order valence-corrected chi connectivity index (χ4v) is 2.87. The largest absolute Gasteiger partial charge is 0.366 e. The van der Waals surface area contributed by atoms with Crippen LogP contribution in [0.25, 0.3) is 0 Å². The molecule has 0 aliphatic carbocycles.